The number of carbonyl (C=O) groups is 8. The number of halogens is 4. The van der Waals surface area contributed by atoms with Crippen LogP contribution in [0.25, 0.3) is 0 Å². The van der Waals surface area contributed by atoms with Gasteiger partial charge in [-0.3, -0.25) is 19.2 Å². The molecule has 24 nitrogen and oxygen atoms in total. The molecule has 0 radical (unpaired) electrons. The number of aliphatic carboxylic acids is 1. The number of aromatic carboxylic acids is 4. The molecular weight excluding hydrogens is 2050 g/mol. The van der Waals surface area contributed by atoms with E-state index in [2.05, 4.69) is 38.8 Å². The first-order valence-electron chi connectivity index (χ1n) is 52.1. The second kappa shape index (κ2) is 63.1. The summed E-state index contributed by atoms with van der Waals surface area (Å²) in [6, 6.07) is 47.3. The molecule has 147 heavy (non-hydrogen) atoms. The van der Waals surface area contributed by atoms with E-state index in [1.165, 1.54) is 57.1 Å². The summed E-state index contributed by atoms with van der Waals surface area (Å²) < 4.78 is 6.54. The van der Waals surface area contributed by atoms with Gasteiger partial charge in [0.15, 0.2) is 10.0 Å². The number of aliphatic hydroxyl groups is 6. The van der Waals surface area contributed by atoms with Crippen LogP contribution in [0.2, 0.25) is 10.0 Å². The van der Waals surface area contributed by atoms with Crippen molar-refractivity contribution in [3.8, 4) is 0 Å². The number of aryl methyl sites for hydroxylation is 3. The van der Waals surface area contributed by atoms with Gasteiger partial charge in [0.2, 0.25) is 17.7 Å². The van der Waals surface area contributed by atoms with Gasteiger partial charge in [0, 0.05) is 107 Å². The number of benzene rings is 5. The van der Waals surface area contributed by atoms with E-state index in [1.54, 1.807) is 40.6 Å². The van der Waals surface area contributed by atoms with Crippen LogP contribution < -0.4 is 14.7 Å². The zero-order valence-electron chi connectivity index (χ0n) is 84.5. The summed E-state index contributed by atoms with van der Waals surface area (Å²) in [5.74, 6) is -2.81. The molecule has 7 heterocycles. The number of carbonyl (C=O) groups excluding carboxylic acids is 3. The second-order valence-corrected chi connectivity index (χ2v) is 46.5. The number of aromatic nitrogens is 1. The monoisotopic (exact) mass is 2190 g/mol. The summed E-state index contributed by atoms with van der Waals surface area (Å²) >= 11 is 32.0. The van der Waals surface area contributed by atoms with Crippen molar-refractivity contribution in [3.63, 3.8) is 0 Å². The number of unbranched alkanes of at least 4 members (excludes halogenated alkanes) is 9. The van der Waals surface area contributed by atoms with Gasteiger partial charge in [0.25, 0.3) is 0 Å². The minimum Gasteiger partial charge on any atom is -0.481 e. The third-order valence-corrected chi connectivity index (χ3v) is 34.8. The van der Waals surface area contributed by atoms with Gasteiger partial charge in [0.1, 0.15) is 14.6 Å². The smallest absolute Gasteiger partial charge is 0.355 e. The Morgan fingerprint density at radius 3 is 1.31 bits per heavy atom. The Bertz CT molecular complexity index is 5230. The maximum absolute atomic E-state index is 12.5. The van der Waals surface area contributed by atoms with Crippen LogP contribution in [-0.4, -0.2) is 162 Å². The van der Waals surface area contributed by atoms with Crippen LogP contribution in [0.1, 0.15) is 364 Å². The standard InChI is InChI=1S/C24H35ClO4.C24H31NO4S.C23H29NO5S.C22H28N2O4S2.C21H23Cl3O3S/c1-2-3-6-10-21(26)17-12-14-18(15-13-17)24-19(20(25)16-22(24)27)9-7-4-5-8-11-23(28)29;1-2-3-4-8-21(26)17-9-11-19(12-10-17)25-18(13-16-23(25)27)6-5-7-20-14-15-22(30-20)24(28)29;1-2-3-4-5-20(25)16-6-8-17(9-7-16)24-18(10-13-22(24)26)14-29-15-19-11-12-21(30-19)23(27)28;1-2-3-4-5-19(25)15-6-8-16(9-7-15)24-17(10-11-20(24)26)12-13-29-22-23-18(14-30-22)21(27)28;22-13-8-12(9-14(23)10-13)4-6-17-16(18(24)11-19(17)25)3-1-2-15-5-7-20(28-15)21(26)27/h4,7,12-15,19-22,24,26-27H,2-3,5-6,8-11,16H2,1H3,(H,28,29);9-12,14-15,18,21,26H,2-8,13,16H2,1H3,(H,28,29);6-9,11-12,18,20,25H,2-5,10,13-15H2,1H3,(H,27,28);6-9,14,17,19,25H,2-5,10-13H2,1H3,(H,27,28);5,7-10,16-19,25H,1-4,6,11H2,(H,26,27)/b7-4-;;;;/t19-,20+,21+,22+,24+;18-,21-;18-,20+;17-,19?;16-,17-,18-,19-/m00111/s1. The number of nitrogens with zero attached hydrogens (tertiary/aromatic N) is 4. The number of anilines is 3. The van der Waals surface area contributed by atoms with Gasteiger partial charge in [0.05, 0.1) is 55.9 Å². The minimum absolute atomic E-state index is 0.0209. The second-order valence-electron chi connectivity index (χ2n) is 38.8. The number of rotatable bonds is 53. The van der Waals surface area contributed by atoms with Gasteiger partial charge in [-0.25, -0.2) is 24.2 Å². The van der Waals surface area contributed by atoms with Crippen molar-refractivity contribution in [1.29, 1.82) is 0 Å². The zero-order valence-corrected chi connectivity index (χ0v) is 91.7. The molecule has 3 amide bonds. The van der Waals surface area contributed by atoms with Crippen LogP contribution in [-0.2, 0) is 49.8 Å². The average Bonchev–Trinajstić information content (AvgIpc) is 1.67. The SMILES string of the molecule is CCCCCC(O)c1ccc(N2C(=O)CC[C@@H]2CCSc2nc(C(=O)O)cs2)cc1.CCCCC[C@@H](O)c1ccc([C@@H]2[C@@H](C/C=C\CCCC(=O)O)[C@H](Cl)C[C@H]2O)cc1.CCCCC[C@H](O)c1ccc(N2C(=O)CC[C@@H]2CCCc2ccc(C(=O)O)s2)cc1.CCCCC[C@H](O)c1ccc(N2C(=O)CC[C@@H]2COCc2ccc(C(=O)O)s2)cc1.O=C(O)c1ccc(CCC[C@@H]2[C@@H](CCc3cc(Cl)cc(Cl)c3)[C@H](O)C[C@H]2Cl)s1. The summed E-state index contributed by atoms with van der Waals surface area (Å²) in [6.07, 6.45) is 32.9. The lowest BCUT2D eigenvalue weighted by Crippen LogP contribution is -2.36. The van der Waals surface area contributed by atoms with E-state index in [0.717, 1.165) is 268 Å². The molecule has 800 valence electrons. The lowest BCUT2D eigenvalue weighted by Gasteiger charge is -2.25. The summed E-state index contributed by atoms with van der Waals surface area (Å²) in [7, 11) is 0. The highest BCUT2D eigenvalue weighted by molar-refractivity contribution is 8.01. The molecule has 4 aromatic heterocycles. The van der Waals surface area contributed by atoms with Gasteiger partial charge in [-0.2, -0.15) is 0 Å². The van der Waals surface area contributed by atoms with Crippen molar-refractivity contribution in [2.45, 2.75) is 348 Å². The summed E-state index contributed by atoms with van der Waals surface area (Å²) in [4.78, 5) is 106. The molecule has 5 fully saturated rings. The molecule has 9 aromatic rings. The van der Waals surface area contributed by atoms with Crippen molar-refractivity contribution in [1.82, 2.24) is 4.98 Å². The fourth-order valence-corrected chi connectivity index (χ4v) is 25.9. The highest BCUT2D eigenvalue weighted by atomic mass is 35.5. The number of carboxylic acids is 5. The number of alkyl halides is 2. The molecule has 33 heteroatoms. The Morgan fingerprint density at radius 2 is 0.871 bits per heavy atom. The van der Waals surface area contributed by atoms with E-state index in [-0.39, 0.29) is 88.5 Å². The van der Waals surface area contributed by atoms with Gasteiger partial charge in [-0.05, 0) is 277 Å². The summed E-state index contributed by atoms with van der Waals surface area (Å²) in [5.41, 5.74) is 8.41. The Hall–Kier alpha value is -8.44. The van der Waals surface area contributed by atoms with E-state index in [1.807, 2.05) is 137 Å². The number of allylic oxidation sites excluding steroid dienone is 2. The summed E-state index contributed by atoms with van der Waals surface area (Å²) in [5, 5.41) is 110. The molecule has 2 aliphatic carbocycles. The predicted octanol–water partition coefficient (Wildman–Crippen LogP) is 27.4. The molecule has 11 N–H and O–H groups in total. The topological polar surface area (TPSA) is 391 Å². The van der Waals surface area contributed by atoms with Crippen LogP contribution in [0.4, 0.5) is 17.1 Å². The molecule has 3 saturated heterocycles. The molecule has 0 spiro atoms. The number of ether oxygens (including phenoxy) is 1. The fourth-order valence-electron chi connectivity index (χ4n) is 20.0. The zero-order chi connectivity index (χ0) is 106. The fraction of sp³-hybridized carbons (Fsp3) is 0.518. The van der Waals surface area contributed by atoms with Crippen LogP contribution in [0.3, 0.4) is 0 Å². The lowest BCUT2D eigenvalue weighted by molar-refractivity contribution is -0.137. The van der Waals surface area contributed by atoms with Crippen LogP contribution >= 0.6 is 104 Å². The number of thiazole rings is 1. The Labute approximate surface area is 905 Å². The molecule has 5 aliphatic rings. The van der Waals surface area contributed by atoms with Crippen LogP contribution in [0, 0.1) is 17.8 Å². The number of hydrogen-bond acceptors (Lipinski definition) is 21. The van der Waals surface area contributed by atoms with E-state index in [0.29, 0.717) is 76.4 Å². The van der Waals surface area contributed by atoms with E-state index >= 15 is 0 Å². The molecule has 15 atom stereocenters. The Morgan fingerprint density at radius 1 is 0.456 bits per heavy atom. The van der Waals surface area contributed by atoms with Crippen molar-refractivity contribution in [2.75, 3.05) is 27.1 Å². The number of aliphatic hydroxyl groups excluding tert-OH is 6. The van der Waals surface area contributed by atoms with Crippen molar-refractivity contribution < 1.29 is 99.3 Å². The van der Waals surface area contributed by atoms with E-state index in [4.69, 9.17) is 76.7 Å². The molecular formula is C114H146Cl4N4O20S5. The Kier molecular flexibility index (Phi) is 51.7. The number of hydrogen-bond donors (Lipinski definition) is 11. The van der Waals surface area contributed by atoms with Crippen molar-refractivity contribution in [2.24, 2.45) is 17.8 Å². The van der Waals surface area contributed by atoms with Crippen LogP contribution in [0.5, 0.6) is 0 Å². The van der Waals surface area contributed by atoms with Gasteiger partial charge in [-0.1, -0.05) is 213 Å². The quantitative estimate of drug-likeness (QED) is 0.00730. The first kappa shape index (κ1) is 120. The molecule has 14 rings (SSSR count). The third-order valence-electron chi connectivity index (χ3n) is 28.0. The molecule has 3 aliphatic heterocycles. The third kappa shape index (κ3) is 38.4. The number of amides is 3. The molecule has 2 saturated carbocycles. The lowest BCUT2D eigenvalue weighted by atomic mass is 9.84. The molecule has 5 aromatic carbocycles. The van der Waals surface area contributed by atoms with Gasteiger partial charge >= 0.3 is 29.8 Å². The van der Waals surface area contributed by atoms with E-state index < -0.39 is 60.4 Å². The van der Waals surface area contributed by atoms with Gasteiger partial charge < -0.3 is 75.6 Å². The number of thiophene rings is 3. The van der Waals surface area contributed by atoms with Crippen LogP contribution in [0.15, 0.2) is 174 Å². The molecule has 1 unspecified atom stereocenters. The van der Waals surface area contributed by atoms with Gasteiger partial charge in [-0.15, -0.1) is 68.5 Å². The minimum atomic E-state index is -1.01. The average molecular weight is 2190 g/mol. The van der Waals surface area contributed by atoms with E-state index in [9.17, 15) is 69.0 Å². The first-order valence-corrected chi connectivity index (χ1v) is 58.1. The Balaban J connectivity index is 0.000000188. The number of thioether (sulfide) groups is 1. The summed E-state index contributed by atoms with van der Waals surface area (Å²) in [6.45, 7) is 9.32. The first-order chi connectivity index (χ1) is 70.7. The van der Waals surface area contributed by atoms with Crippen molar-refractivity contribution >= 4 is 168 Å². The maximum atomic E-state index is 12.5. The predicted molar refractivity (Wildman–Crippen MR) is 591 cm³/mol. The highest BCUT2D eigenvalue weighted by Gasteiger charge is 2.44. The van der Waals surface area contributed by atoms with Crippen molar-refractivity contribution in [3.05, 3.63) is 248 Å². The molecule has 0 bridgehead atoms. The largest absolute Gasteiger partial charge is 0.481 e. The normalized spacial score (nSPS) is 20.4. The number of carboxylic acid groups (broad SMARTS) is 5. The highest BCUT2D eigenvalue weighted by Crippen LogP contribution is 2.47. The maximum Gasteiger partial charge on any atom is 0.355 e.